The van der Waals surface area contributed by atoms with Gasteiger partial charge in [0, 0.05) is 6.54 Å². The second-order valence-corrected chi connectivity index (χ2v) is 3.40. The van der Waals surface area contributed by atoms with Crippen molar-refractivity contribution in [2.24, 2.45) is 11.8 Å². The molecular weight excluding hydrogens is 172 g/mol. The third-order valence-electron chi connectivity index (χ3n) is 2.42. The standard InChI is InChI=1S/C7H10N4O2/c12-7(13)6-1-5(2-6)3-11-4-8-9-10-11/h4-6H,1-3H2,(H,12,13). The maximum atomic E-state index is 10.5. The monoisotopic (exact) mass is 182 g/mol. The van der Waals surface area contributed by atoms with Crippen molar-refractivity contribution < 1.29 is 9.90 Å². The van der Waals surface area contributed by atoms with Crippen molar-refractivity contribution in [2.45, 2.75) is 19.4 Å². The van der Waals surface area contributed by atoms with E-state index in [-0.39, 0.29) is 5.92 Å². The second kappa shape index (κ2) is 3.12. The number of tetrazole rings is 1. The zero-order valence-electron chi connectivity index (χ0n) is 7.00. The Balaban J connectivity index is 1.79. The smallest absolute Gasteiger partial charge is 0.306 e. The van der Waals surface area contributed by atoms with Crippen LogP contribution in [0, 0.1) is 11.8 Å². The van der Waals surface area contributed by atoms with Crippen LogP contribution in [0.4, 0.5) is 0 Å². The van der Waals surface area contributed by atoms with Crippen LogP contribution in [0.25, 0.3) is 0 Å². The van der Waals surface area contributed by atoms with E-state index in [2.05, 4.69) is 15.5 Å². The van der Waals surface area contributed by atoms with Crippen molar-refractivity contribution in [2.75, 3.05) is 0 Å². The minimum atomic E-state index is -0.687. The summed E-state index contributed by atoms with van der Waals surface area (Å²) in [5.74, 6) is -0.418. The normalized spacial score (nSPS) is 26.8. The Bertz CT molecular complexity index is 291. The van der Waals surface area contributed by atoms with Crippen molar-refractivity contribution in [3.63, 3.8) is 0 Å². The Morgan fingerprint density at radius 3 is 2.92 bits per heavy atom. The lowest BCUT2D eigenvalue weighted by Gasteiger charge is -2.31. The molecule has 6 heteroatoms. The summed E-state index contributed by atoms with van der Waals surface area (Å²) in [5.41, 5.74) is 0. The highest BCUT2D eigenvalue weighted by Crippen LogP contribution is 2.34. The van der Waals surface area contributed by atoms with Gasteiger partial charge in [-0.25, -0.2) is 4.68 Å². The fourth-order valence-corrected chi connectivity index (χ4v) is 1.61. The molecule has 0 saturated heterocycles. The van der Waals surface area contributed by atoms with E-state index in [4.69, 9.17) is 5.11 Å². The summed E-state index contributed by atoms with van der Waals surface area (Å²) in [6, 6.07) is 0. The summed E-state index contributed by atoms with van der Waals surface area (Å²) in [4.78, 5) is 10.5. The zero-order valence-corrected chi connectivity index (χ0v) is 7.00. The average Bonchev–Trinajstić information content (AvgIpc) is 2.46. The topological polar surface area (TPSA) is 80.9 Å². The Kier molecular flexibility index (Phi) is 1.96. The lowest BCUT2D eigenvalue weighted by atomic mass is 9.75. The first-order valence-electron chi connectivity index (χ1n) is 4.19. The molecule has 1 fully saturated rings. The van der Waals surface area contributed by atoms with Crippen molar-refractivity contribution >= 4 is 5.97 Å². The molecule has 0 atom stereocenters. The number of aliphatic carboxylic acids is 1. The summed E-state index contributed by atoms with van der Waals surface area (Å²) in [6.45, 7) is 0.733. The van der Waals surface area contributed by atoms with Gasteiger partial charge in [-0.15, -0.1) is 5.10 Å². The molecule has 0 amide bonds. The van der Waals surface area contributed by atoms with Gasteiger partial charge >= 0.3 is 5.97 Å². The van der Waals surface area contributed by atoms with Gasteiger partial charge in [-0.2, -0.15) is 0 Å². The van der Waals surface area contributed by atoms with E-state index in [0.29, 0.717) is 5.92 Å². The van der Waals surface area contributed by atoms with Gasteiger partial charge in [0.1, 0.15) is 6.33 Å². The molecule has 1 aromatic rings. The molecular formula is C7H10N4O2. The molecule has 1 saturated carbocycles. The number of nitrogens with zero attached hydrogens (tertiary/aromatic N) is 4. The highest BCUT2D eigenvalue weighted by Gasteiger charge is 2.34. The molecule has 70 valence electrons. The van der Waals surface area contributed by atoms with Crippen molar-refractivity contribution in [1.29, 1.82) is 0 Å². The molecule has 0 unspecified atom stereocenters. The summed E-state index contributed by atoms with van der Waals surface area (Å²) < 4.78 is 1.64. The van der Waals surface area contributed by atoms with Crippen molar-refractivity contribution in [1.82, 2.24) is 20.2 Å². The van der Waals surface area contributed by atoms with E-state index < -0.39 is 5.97 Å². The van der Waals surface area contributed by atoms with E-state index in [1.807, 2.05) is 0 Å². The molecule has 1 aliphatic carbocycles. The van der Waals surface area contributed by atoms with Crippen LogP contribution < -0.4 is 0 Å². The molecule has 0 radical (unpaired) electrons. The van der Waals surface area contributed by atoms with Gasteiger partial charge in [-0.05, 0) is 29.2 Å². The van der Waals surface area contributed by atoms with Crippen LogP contribution in [0.5, 0.6) is 0 Å². The first-order valence-corrected chi connectivity index (χ1v) is 4.19. The van der Waals surface area contributed by atoms with E-state index in [1.54, 1.807) is 11.0 Å². The van der Waals surface area contributed by atoms with E-state index in [1.165, 1.54) is 0 Å². The van der Waals surface area contributed by atoms with Crippen LogP contribution in [-0.2, 0) is 11.3 Å². The quantitative estimate of drug-likeness (QED) is 0.699. The molecule has 0 bridgehead atoms. The number of carbonyl (C=O) groups is 1. The van der Waals surface area contributed by atoms with Crippen LogP contribution >= 0.6 is 0 Å². The molecule has 0 aliphatic heterocycles. The van der Waals surface area contributed by atoms with Crippen LogP contribution in [0.15, 0.2) is 6.33 Å². The Morgan fingerprint density at radius 1 is 1.62 bits per heavy atom. The Morgan fingerprint density at radius 2 is 2.38 bits per heavy atom. The molecule has 0 spiro atoms. The molecule has 1 aromatic heterocycles. The first kappa shape index (κ1) is 8.15. The summed E-state index contributed by atoms with van der Waals surface area (Å²) in [7, 11) is 0. The lowest BCUT2D eigenvalue weighted by Crippen LogP contribution is -2.32. The first-order chi connectivity index (χ1) is 6.25. The molecule has 1 heterocycles. The van der Waals surface area contributed by atoms with Crippen LogP contribution in [0.3, 0.4) is 0 Å². The maximum Gasteiger partial charge on any atom is 0.306 e. The lowest BCUT2D eigenvalue weighted by molar-refractivity contribution is -0.146. The fourth-order valence-electron chi connectivity index (χ4n) is 1.61. The predicted molar refractivity (Wildman–Crippen MR) is 41.7 cm³/mol. The van der Waals surface area contributed by atoms with E-state index >= 15 is 0 Å². The van der Waals surface area contributed by atoms with Gasteiger partial charge in [0.25, 0.3) is 0 Å². The van der Waals surface area contributed by atoms with Crippen LogP contribution in [-0.4, -0.2) is 31.3 Å². The fraction of sp³-hybridized carbons (Fsp3) is 0.714. The van der Waals surface area contributed by atoms with E-state index in [9.17, 15) is 4.79 Å². The predicted octanol–water partition coefficient (Wildman–Crippen LogP) is -0.216. The van der Waals surface area contributed by atoms with Crippen LogP contribution in [0.2, 0.25) is 0 Å². The van der Waals surface area contributed by atoms with Crippen LogP contribution in [0.1, 0.15) is 12.8 Å². The Hall–Kier alpha value is -1.46. The summed E-state index contributed by atoms with van der Waals surface area (Å²) in [6.07, 6.45) is 3.04. The molecule has 2 rings (SSSR count). The highest BCUT2D eigenvalue weighted by atomic mass is 16.4. The van der Waals surface area contributed by atoms with Gasteiger partial charge in [0.15, 0.2) is 0 Å². The molecule has 1 N–H and O–H groups in total. The maximum absolute atomic E-state index is 10.5. The van der Waals surface area contributed by atoms with Gasteiger partial charge in [0.2, 0.25) is 0 Å². The molecule has 13 heavy (non-hydrogen) atoms. The van der Waals surface area contributed by atoms with Gasteiger partial charge < -0.3 is 5.11 Å². The van der Waals surface area contributed by atoms with Crippen molar-refractivity contribution in [3.8, 4) is 0 Å². The number of carboxylic acids is 1. The highest BCUT2D eigenvalue weighted by molar-refractivity contribution is 5.70. The largest absolute Gasteiger partial charge is 0.481 e. The van der Waals surface area contributed by atoms with Crippen molar-refractivity contribution in [3.05, 3.63) is 6.33 Å². The SMILES string of the molecule is O=C(O)C1CC(Cn2cnnn2)C1. The minimum Gasteiger partial charge on any atom is -0.481 e. The summed E-state index contributed by atoms with van der Waals surface area (Å²) in [5, 5.41) is 19.4. The third kappa shape index (κ3) is 1.66. The second-order valence-electron chi connectivity index (χ2n) is 3.40. The average molecular weight is 182 g/mol. The molecule has 1 aliphatic rings. The number of aromatic nitrogens is 4. The minimum absolute atomic E-state index is 0.151. The number of carboxylic acid groups (broad SMARTS) is 1. The number of rotatable bonds is 3. The number of hydrogen-bond acceptors (Lipinski definition) is 4. The Labute approximate surface area is 74.6 Å². The van der Waals surface area contributed by atoms with Gasteiger partial charge in [0.05, 0.1) is 5.92 Å². The summed E-state index contributed by atoms with van der Waals surface area (Å²) >= 11 is 0. The molecule has 0 aromatic carbocycles. The zero-order chi connectivity index (χ0) is 9.26. The van der Waals surface area contributed by atoms with E-state index in [0.717, 1.165) is 19.4 Å². The van der Waals surface area contributed by atoms with Gasteiger partial charge in [-0.1, -0.05) is 0 Å². The molecule has 6 nitrogen and oxygen atoms in total. The van der Waals surface area contributed by atoms with Gasteiger partial charge in [-0.3, -0.25) is 4.79 Å². The third-order valence-corrected chi connectivity index (χ3v) is 2.42. The number of hydrogen-bond donors (Lipinski definition) is 1.